The summed E-state index contributed by atoms with van der Waals surface area (Å²) in [7, 11) is 2.03. The molecular formula is C14H22F3N3O. The van der Waals surface area contributed by atoms with E-state index in [1.165, 1.54) is 5.69 Å². The van der Waals surface area contributed by atoms with Crippen molar-refractivity contribution < 1.29 is 17.9 Å². The van der Waals surface area contributed by atoms with Crippen molar-refractivity contribution in [3.8, 4) is 0 Å². The lowest BCUT2D eigenvalue weighted by Gasteiger charge is -2.26. The molecule has 0 spiro atoms. The predicted molar refractivity (Wildman–Crippen MR) is 73.2 cm³/mol. The van der Waals surface area contributed by atoms with E-state index in [1.807, 2.05) is 7.05 Å². The predicted octanol–water partition coefficient (Wildman–Crippen LogP) is 2.48. The second-order valence-corrected chi connectivity index (χ2v) is 5.77. The number of alkyl halides is 3. The molecule has 0 unspecified atom stereocenters. The third-order valence-electron chi connectivity index (χ3n) is 3.70. The van der Waals surface area contributed by atoms with Crippen LogP contribution in [-0.4, -0.2) is 46.9 Å². The SMILES string of the molecule is CC(C)c1nc2c(n1C)CCN(CCOCC(F)(F)F)C2. The number of fused-ring (bicyclic) bond motifs is 1. The van der Waals surface area contributed by atoms with Crippen molar-refractivity contribution in [1.82, 2.24) is 14.5 Å². The van der Waals surface area contributed by atoms with Crippen LogP contribution >= 0.6 is 0 Å². The summed E-state index contributed by atoms with van der Waals surface area (Å²) in [5, 5.41) is 0. The molecule has 1 aliphatic rings. The Balaban J connectivity index is 1.87. The third kappa shape index (κ3) is 4.20. The lowest BCUT2D eigenvalue weighted by molar-refractivity contribution is -0.174. The molecule has 0 fully saturated rings. The van der Waals surface area contributed by atoms with Gasteiger partial charge in [0.25, 0.3) is 0 Å². The minimum atomic E-state index is -4.25. The summed E-state index contributed by atoms with van der Waals surface area (Å²) in [4.78, 5) is 6.76. The van der Waals surface area contributed by atoms with Gasteiger partial charge >= 0.3 is 6.18 Å². The Kier molecular flexibility index (Phi) is 4.93. The average molecular weight is 305 g/mol. The molecule has 0 aliphatic carbocycles. The Labute approximate surface area is 122 Å². The van der Waals surface area contributed by atoms with Gasteiger partial charge in [0, 0.05) is 44.7 Å². The van der Waals surface area contributed by atoms with Crippen LogP contribution in [0.2, 0.25) is 0 Å². The smallest absolute Gasteiger partial charge is 0.371 e. The Morgan fingerprint density at radius 3 is 2.67 bits per heavy atom. The van der Waals surface area contributed by atoms with Crippen LogP contribution in [0.5, 0.6) is 0 Å². The van der Waals surface area contributed by atoms with E-state index in [0.29, 0.717) is 19.0 Å². The molecule has 0 aromatic carbocycles. The normalized spacial score (nSPS) is 16.5. The van der Waals surface area contributed by atoms with Gasteiger partial charge in [-0.3, -0.25) is 4.90 Å². The fourth-order valence-corrected chi connectivity index (χ4v) is 2.69. The van der Waals surface area contributed by atoms with Crippen LogP contribution in [0.4, 0.5) is 13.2 Å². The monoisotopic (exact) mass is 305 g/mol. The number of ether oxygens (including phenoxy) is 1. The number of hydrogen-bond acceptors (Lipinski definition) is 3. The van der Waals surface area contributed by atoms with Gasteiger partial charge in [-0.05, 0) is 0 Å². The highest BCUT2D eigenvalue weighted by molar-refractivity contribution is 5.21. The van der Waals surface area contributed by atoms with E-state index in [9.17, 15) is 13.2 Å². The highest BCUT2D eigenvalue weighted by Gasteiger charge is 2.28. The van der Waals surface area contributed by atoms with Crippen molar-refractivity contribution in [2.24, 2.45) is 7.05 Å². The first kappa shape index (κ1) is 16.3. The van der Waals surface area contributed by atoms with Gasteiger partial charge in [0.05, 0.1) is 12.3 Å². The van der Waals surface area contributed by atoms with Gasteiger partial charge in [-0.15, -0.1) is 0 Å². The first-order chi connectivity index (χ1) is 9.78. The zero-order chi connectivity index (χ0) is 15.6. The average Bonchev–Trinajstić information content (AvgIpc) is 2.71. The minimum Gasteiger partial charge on any atom is -0.371 e. The van der Waals surface area contributed by atoms with Crippen molar-refractivity contribution in [2.75, 3.05) is 26.3 Å². The van der Waals surface area contributed by atoms with Crippen LogP contribution in [0.1, 0.15) is 37.0 Å². The second kappa shape index (κ2) is 6.36. The standard InChI is InChI=1S/C14H22F3N3O/c1-10(2)13-18-11-8-20(5-4-12(11)19(13)3)6-7-21-9-14(15,16)17/h10H,4-9H2,1-3H3. The first-order valence-electron chi connectivity index (χ1n) is 7.19. The number of nitrogens with zero attached hydrogens (tertiary/aromatic N) is 3. The molecular weight excluding hydrogens is 283 g/mol. The maximum absolute atomic E-state index is 12.0. The number of rotatable bonds is 5. The van der Waals surface area contributed by atoms with E-state index >= 15 is 0 Å². The van der Waals surface area contributed by atoms with Crippen LogP contribution < -0.4 is 0 Å². The zero-order valence-electron chi connectivity index (χ0n) is 12.7. The van der Waals surface area contributed by atoms with Gasteiger partial charge in [-0.2, -0.15) is 13.2 Å². The summed E-state index contributed by atoms with van der Waals surface area (Å²) in [5.41, 5.74) is 2.29. The molecule has 0 saturated carbocycles. The number of halogens is 3. The van der Waals surface area contributed by atoms with Crippen LogP contribution in [0.25, 0.3) is 0 Å². The Morgan fingerprint density at radius 1 is 1.33 bits per heavy atom. The highest BCUT2D eigenvalue weighted by atomic mass is 19.4. The van der Waals surface area contributed by atoms with Crippen LogP contribution in [0.3, 0.4) is 0 Å². The molecule has 0 bridgehead atoms. The van der Waals surface area contributed by atoms with E-state index in [-0.39, 0.29) is 6.61 Å². The van der Waals surface area contributed by atoms with Gasteiger partial charge in [-0.25, -0.2) is 4.98 Å². The number of aromatic nitrogens is 2. The lowest BCUT2D eigenvalue weighted by atomic mass is 10.1. The summed E-state index contributed by atoms with van der Waals surface area (Å²) in [6, 6.07) is 0. The number of imidazole rings is 1. The Morgan fingerprint density at radius 2 is 2.05 bits per heavy atom. The van der Waals surface area contributed by atoms with Crippen molar-refractivity contribution in [3.05, 3.63) is 17.2 Å². The molecule has 4 nitrogen and oxygen atoms in total. The van der Waals surface area contributed by atoms with Gasteiger partial charge < -0.3 is 9.30 Å². The van der Waals surface area contributed by atoms with Gasteiger partial charge in [0.1, 0.15) is 12.4 Å². The first-order valence-corrected chi connectivity index (χ1v) is 7.19. The molecule has 1 aliphatic heterocycles. The van der Waals surface area contributed by atoms with Crippen LogP contribution in [0, 0.1) is 0 Å². The fourth-order valence-electron chi connectivity index (χ4n) is 2.69. The van der Waals surface area contributed by atoms with Gasteiger partial charge in [0.15, 0.2) is 0 Å². The molecule has 1 aromatic rings. The zero-order valence-corrected chi connectivity index (χ0v) is 12.7. The number of hydrogen-bond donors (Lipinski definition) is 0. The topological polar surface area (TPSA) is 30.3 Å². The summed E-state index contributed by atoms with van der Waals surface area (Å²) < 4.78 is 42.8. The second-order valence-electron chi connectivity index (χ2n) is 5.77. The van der Waals surface area contributed by atoms with Gasteiger partial charge in [0.2, 0.25) is 0 Å². The van der Waals surface area contributed by atoms with Crippen molar-refractivity contribution in [3.63, 3.8) is 0 Å². The van der Waals surface area contributed by atoms with E-state index in [1.54, 1.807) is 0 Å². The van der Waals surface area contributed by atoms with Crippen LogP contribution in [-0.2, 0) is 24.8 Å². The molecule has 2 rings (SSSR count). The summed E-state index contributed by atoms with van der Waals surface area (Å²) in [5.74, 6) is 1.43. The molecule has 0 amide bonds. The minimum absolute atomic E-state index is 0.0959. The molecule has 7 heteroatoms. The van der Waals surface area contributed by atoms with E-state index in [2.05, 4.69) is 33.0 Å². The fraction of sp³-hybridized carbons (Fsp3) is 0.786. The van der Waals surface area contributed by atoms with Crippen LogP contribution in [0.15, 0.2) is 0 Å². The van der Waals surface area contributed by atoms with E-state index in [0.717, 1.165) is 24.5 Å². The molecule has 0 saturated heterocycles. The maximum Gasteiger partial charge on any atom is 0.411 e. The molecule has 120 valence electrons. The van der Waals surface area contributed by atoms with Gasteiger partial charge in [-0.1, -0.05) is 13.8 Å². The lowest BCUT2D eigenvalue weighted by Crippen LogP contribution is -2.34. The molecule has 1 aromatic heterocycles. The Hall–Kier alpha value is -1.08. The van der Waals surface area contributed by atoms with E-state index in [4.69, 9.17) is 0 Å². The summed E-state index contributed by atoms with van der Waals surface area (Å²) >= 11 is 0. The molecule has 21 heavy (non-hydrogen) atoms. The largest absolute Gasteiger partial charge is 0.411 e. The van der Waals surface area contributed by atoms with E-state index < -0.39 is 12.8 Å². The maximum atomic E-state index is 12.0. The molecule has 0 radical (unpaired) electrons. The van der Waals surface area contributed by atoms with Crippen molar-refractivity contribution in [1.29, 1.82) is 0 Å². The Bertz CT molecular complexity index is 483. The van der Waals surface area contributed by atoms with Crippen molar-refractivity contribution in [2.45, 2.75) is 38.9 Å². The molecule has 2 heterocycles. The summed E-state index contributed by atoms with van der Waals surface area (Å²) in [6.45, 7) is 5.16. The highest BCUT2D eigenvalue weighted by Crippen LogP contribution is 2.23. The molecule has 0 atom stereocenters. The third-order valence-corrected chi connectivity index (χ3v) is 3.70. The molecule has 0 N–H and O–H groups in total. The van der Waals surface area contributed by atoms with Crippen molar-refractivity contribution >= 4 is 0 Å². The quantitative estimate of drug-likeness (QED) is 0.783. The summed E-state index contributed by atoms with van der Waals surface area (Å²) in [6.07, 6.45) is -3.37.